The maximum Gasteiger partial charge on any atom is 0.107 e. The zero-order valence-electron chi connectivity index (χ0n) is 20.7. The van der Waals surface area contributed by atoms with E-state index < -0.39 is 0 Å². The number of anilines is 1. The molecule has 1 aliphatic heterocycles. The quantitative estimate of drug-likeness (QED) is 0.515. The number of allylic oxidation sites excluding steroid dienone is 4. The van der Waals surface area contributed by atoms with Gasteiger partial charge in [0.15, 0.2) is 0 Å². The third-order valence-corrected chi connectivity index (χ3v) is 8.66. The van der Waals surface area contributed by atoms with Crippen LogP contribution in [0.5, 0.6) is 0 Å². The molecule has 0 saturated carbocycles. The van der Waals surface area contributed by atoms with Gasteiger partial charge in [0, 0.05) is 29.7 Å². The topological polar surface area (TPSA) is 6.48 Å². The first-order chi connectivity index (χ1) is 13.3. The van der Waals surface area contributed by atoms with Crippen molar-refractivity contribution < 1.29 is 0 Å². The first kappa shape index (κ1) is 21.7. The SMILES string of the molecule is CC1=C(N2C=CN(c3c(C)c(C)c(C)c(C)c3C)C2C)C(C)C(C)(C)C(C)=C1C. The van der Waals surface area contributed by atoms with Gasteiger partial charge in [-0.05, 0) is 107 Å². The van der Waals surface area contributed by atoms with Crippen molar-refractivity contribution in [1.29, 1.82) is 0 Å². The number of hydrogen-bond acceptors (Lipinski definition) is 2. The van der Waals surface area contributed by atoms with Gasteiger partial charge in [-0.25, -0.2) is 0 Å². The summed E-state index contributed by atoms with van der Waals surface area (Å²) in [5.74, 6) is 0.474. The van der Waals surface area contributed by atoms with E-state index in [9.17, 15) is 0 Å². The van der Waals surface area contributed by atoms with Crippen LogP contribution in [0.15, 0.2) is 34.8 Å². The average molecular weight is 393 g/mol. The molecule has 1 heterocycles. The highest BCUT2D eigenvalue weighted by Crippen LogP contribution is 2.49. The monoisotopic (exact) mass is 392 g/mol. The van der Waals surface area contributed by atoms with E-state index in [0.29, 0.717) is 5.92 Å². The van der Waals surface area contributed by atoms with Crippen LogP contribution in [0.2, 0.25) is 0 Å². The van der Waals surface area contributed by atoms with E-state index in [4.69, 9.17) is 0 Å². The second-order valence-electron chi connectivity index (χ2n) is 9.92. The standard InChI is InChI=1S/C27H40N2/c1-15-16(2)19(5)25(20(6)17(15)3)28-13-14-29(24(28)10)26-21(7)18(4)22(8)27(11,12)23(26)9/h13-14,23-24H,1-12H3. The van der Waals surface area contributed by atoms with Crippen LogP contribution in [0, 0.1) is 46.0 Å². The predicted molar refractivity (Wildman–Crippen MR) is 127 cm³/mol. The normalized spacial score (nSPS) is 24.3. The van der Waals surface area contributed by atoms with E-state index in [0.717, 1.165) is 0 Å². The molecule has 2 atom stereocenters. The molecule has 158 valence electrons. The lowest BCUT2D eigenvalue weighted by Gasteiger charge is -2.45. The molecule has 0 saturated heterocycles. The largest absolute Gasteiger partial charge is 0.329 e. The van der Waals surface area contributed by atoms with E-state index in [-0.39, 0.29) is 11.6 Å². The second-order valence-corrected chi connectivity index (χ2v) is 9.92. The van der Waals surface area contributed by atoms with E-state index in [2.05, 4.69) is 105 Å². The molecule has 0 aromatic heterocycles. The van der Waals surface area contributed by atoms with Crippen LogP contribution in [0.25, 0.3) is 0 Å². The highest BCUT2D eigenvalue weighted by Gasteiger charge is 2.41. The number of benzene rings is 1. The summed E-state index contributed by atoms with van der Waals surface area (Å²) in [6.45, 7) is 27.8. The summed E-state index contributed by atoms with van der Waals surface area (Å²) in [6, 6.07) is 0. The van der Waals surface area contributed by atoms with Gasteiger partial charge in [-0.3, -0.25) is 0 Å². The van der Waals surface area contributed by atoms with Gasteiger partial charge in [0.1, 0.15) is 6.17 Å². The Labute approximate surface area is 179 Å². The second kappa shape index (κ2) is 7.07. The van der Waals surface area contributed by atoms with Crippen LogP contribution in [-0.4, -0.2) is 11.1 Å². The van der Waals surface area contributed by atoms with Crippen LogP contribution in [0.1, 0.15) is 76.3 Å². The molecule has 2 unspecified atom stereocenters. The van der Waals surface area contributed by atoms with Gasteiger partial charge in [-0.15, -0.1) is 0 Å². The smallest absolute Gasteiger partial charge is 0.107 e. The van der Waals surface area contributed by atoms with Crippen molar-refractivity contribution in [2.24, 2.45) is 11.3 Å². The maximum atomic E-state index is 2.51. The third kappa shape index (κ3) is 2.98. The Hall–Kier alpha value is -1.96. The van der Waals surface area contributed by atoms with Gasteiger partial charge in [-0.2, -0.15) is 0 Å². The number of nitrogens with zero attached hydrogens (tertiary/aromatic N) is 2. The molecule has 29 heavy (non-hydrogen) atoms. The first-order valence-electron chi connectivity index (χ1n) is 11.0. The summed E-state index contributed by atoms with van der Waals surface area (Å²) < 4.78 is 0. The maximum absolute atomic E-state index is 2.51. The van der Waals surface area contributed by atoms with Crippen molar-refractivity contribution in [3.05, 3.63) is 62.6 Å². The Morgan fingerprint density at radius 3 is 1.62 bits per heavy atom. The van der Waals surface area contributed by atoms with Crippen molar-refractivity contribution in [1.82, 2.24) is 4.90 Å². The molecule has 2 aliphatic rings. The lowest BCUT2D eigenvalue weighted by atomic mass is 9.66. The third-order valence-electron chi connectivity index (χ3n) is 8.66. The summed E-state index contributed by atoms with van der Waals surface area (Å²) in [5.41, 5.74) is 14.5. The molecule has 0 amide bonds. The Morgan fingerprint density at radius 2 is 1.10 bits per heavy atom. The summed E-state index contributed by atoms with van der Waals surface area (Å²) >= 11 is 0. The Balaban J connectivity index is 2.09. The van der Waals surface area contributed by atoms with Crippen molar-refractivity contribution in [2.75, 3.05) is 4.90 Å². The molecule has 1 aromatic carbocycles. The fourth-order valence-electron chi connectivity index (χ4n) is 5.30. The van der Waals surface area contributed by atoms with Gasteiger partial charge >= 0.3 is 0 Å². The van der Waals surface area contributed by atoms with Gasteiger partial charge in [-0.1, -0.05) is 26.3 Å². The Kier molecular flexibility index (Phi) is 5.30. The molecule has 0 radical (unpaired) electrons. The predicted octanol–water partition coefficient (Wildman–Crippen LogP) is 7.45. The highest BCUT2D eigenvalue weighted by molar-refractivity contribution is 5.68. The first-order valence-corrected chi connectivity index (χ1v) is 11.0. The van der Waals surface area contributed by atoms with Gasteiger partial charge in [0.25, 0.3) is 0 Å². The zero-order chi connectivity index (χ0) is 22.0. The van der Waals surface area contributed by atoms with Crippen molar-refractivity contribution in [2.45, 2.75) is 89.3 Å². The minimum atomic E-state index is 0.169. The van der Waals surface area contributed by atoms with Gasteiger partial charge in [0.05, 0.1) is 0 Å². The minimum absolute atomic E-state index is 0.169. The molecule has 2 nitrogen and oxygen atoms in total. The lowest BCUT2D eigenvalue weighted by Crippen LogP contribution is -2.42. The molecule has 0 spiro atoms. The van der Waals surface area contributed by atoms with Crippen molar-refractivity contribution in [3.8, 4) is 0 Å². The van der Waals surface area contributed by atoms with Crippen LogP contribution >= 0.6 is 0 Å². The highest BCUT2D eigenvalue weighted by atomic mass is 15.4. The summed E-state index contributed by atoms with van der Waals surface area (Å²) in [6.07, 6.45) is 4.85. The van der Waals surface area contributed by atoms with Crippen molar-refractivity contribution in [3.63, 3.8) is 0 Å². The molecular formula is C27H40N2. The molecule has 0 bridgehead atoms. The minimum Gasteiger partial charge on any atom is -0.329 e. The van der Waals surface area contributed by atoms with E-state index in [1.165, 1.54) is 55.9 Å². The molecule has 1 aromatic rings. The number of rotatable bonds is 2. The zero-order valence-corrected chi connectivity index (χ0v) is 20.7. The average Bonchev–Trinajstić information content (AvgIpc) is 3.04. The lowest BCUT2D eigenvalue weighted by molar-refractivity contribution is 0.242. The molecule has 1 aliphatic carbocycles. The van der Waals surface area contributed by atoms with E-state index >= 15 is 0 Å². The summed E-state index contributed by atoms with van der Waals surface area (Å²) in [5, 5.41) is 0. The van der Waals surface area contributed by atoms with Crippen LogP contribution in [-0.2, 0) is 0 Å². The molecule has 0 fully saturated rings. The fraction of sp³-hybridized carbons (Fsp3) is 0.556. The number of hydrogen-bond donors (Lipinski definition) is 0. The van der Waals surface area contributed by atoms with Crippen molar-refractivity contribution >= 4 is 5.69 Å². The molecule has 0 N–H and O–H groups in total. The molecule has 3 rings (SSSR count). The van der Waals surface area contributed by atoms with Gasteiger partial charge in [0.2, 0.25) is 0 Å². The molecule has 2 heteroatoms. The summed E-state index contributed by atoms with van der Waals surface area (Å²) in [4.78, 5) is 4.99. The van der Waals surface area contributed by atoms with Crippen LogP contribution in [0.4, 0.5) is 5.69 Å². The van der Waals surface area contributed by atoms with Crippen LogP contribution in [0.3, 0.4) is 0 Å². The van der Waals surface area contributed by atoms with Crippen LogP contribution < -0.4 is 4.90 Å². The fourth-order valence-corrected chi connectivity index (χ4v) is 5.30. The Morgan fingerprint density at radius 1 is 0.655 bits per heavy atom. The summed E-state index contributed by atoms with van der Waals surface area (Å²) in [7, 11) is 0. The molecular weight excluding hydrogens is 352 g/mol. The Bertz CT molecular complexity index is 926. The van der Waals surface area contributed by atoms with Gasteiger partial charge < -0.3 is 9.80 Å². The van der Waals surface area contributed by atoms with E-state index in [1.807, 2.05) is 0 Å². The van der Waals surface area contributed by atoms with E-state index in [1.54, 1.807) is 0 Å².